The molecule has 0 spiro atoms. The van der Waals surface area contributed by atoms with E-state index in [0.29, 0.717) is 36.4 Å². The van der Waals surface area contributed by atoms with E-state index in [2.05, 4.69) is 40.7 Å². The van der Waals surface area contributed by atoms with Crippen molar-refractivity contribution in [2.45, 2.75) is 40.7 Å². The van der Waals surface area contributed by atoms with Gasteiger partial charge in [-0.3, -0.25) is 0 Å². The topological polar surface area (TPSA) is 29.5 Å². The molecule has 1 aliphatic carbocycles. The Morgan fingerprint density at radius 2 is 2.12 bits per heavy atom. The van der Waals surface area contributed by atoms with Crippen LogP contribution in [0, 0.1) is 29.1 Å². The van der Waals surface area contributed by atoms with Crippen molar-refractivity contribution in [2.24, 2.45) is 29.1 Å². The first-order valence-electron chi connectivity index (χ1n) is 6.85. The Kier molecular flexibility index (Phi) is 3.39. The maximum absolute atomic E-state index is 9.84. The fourth-order valence-corrected chi connectivity index (χ4v) is 3.94. The zero-order valence-electron chi connectivity index (χ0n) is 11.7. The van der Waals surface area contributed by atoms with Gasteiger partial charge in [0.15, 0.2) is 0 Å². The number of aliphatic hydroxyl groups excluding tert-OH is 1. The minimum absolute atomic E-state index is 0.0600. The average Bonchev–Trinajstić information content (AvgIpc) is 2.26. The molecule has 0 aromatic carbocycles. The molecule has 1 fully saturated rings. The summed E-state index contributed by atoms with van der Waals surface area (Å²) in [6.07, 6.45) is 2.67. The Labute approximate surface area is 105 Å². The highest BCUT2D eigenvalue weighted by atomic mass is 16.5. The van der Waals surface area contributed by atoms with E-state index in [0.717, 1.165) is 0 Å². The van der Waals surface area contributed by atoms with Gasteiger partial charge in [0, 0.05) is 11.3 Å². The van der Waals surface area contributed by atoms with Crippen molar-refractivity contribution in [1.82, 2.24) is 0 Å². The smallest absolute Gasteiger partial charge is 0.0666 e. The summed E-state index contributed by atoms with van der Waals surface area (Å²) in [5.41, 5.74) is 1.39. The molecule has 0 radical (unpaired) electrons. The molecule has 5 atom stereocenters. The summed E-state index contributed by atoms with van der Waals surface area (Å²) in [5, 5.41) is 9.84. The van der Waals surface area contributed by atoms with Crippen LogP contribution < -0.4 is 0 Å². The van der Waals surface area contributed by atoms with Crippen LogP contribution in [0.1, 0.15) is 34.6 Å². The number of fused-ring (bicyclic) bond motifs is 2. The van der Waals surface area contributed by atoms with Gasteiger partial charge >= 0.3 is 0 Å². The van der Waals surface area contributed by atoms with Gasteiger partial charge in [0.25, 0.3) is 0 Å². The van der Waals surface area contributed by atoms with Gasteiger partial charge < -0.3 is 9.84 Å². The molecule has 4 unspecified atom stereocenters. The normalized spacial score (nSPS) is 45.9. The molecule has 2 bridgehead atoms. The van der Waals surface area contributed by atoms with Gasteiger partial charge in [-0.25, -0.2) is 0 Å². The predicted octanol–water partition coefficient (Wildman–Crippen LogP) is 2.87. The summed E-state index contributed by atoms with van der Waals surface area (Å²) in [6, 6.07) is 0. The van der Waals surface area contributed by atoms with Crippen molar-refractivity contribution < 1.29 is 9.84 Å². The summed E-state index contributed by atoms with van der Waals surface area (Å²) in [6.45, 7) is 12.1. The molecular formula is C15H26O2. The summed E-state index contributed by atoms with van der Waals surface area (Å²) in [7, 11) is 0. The molecule has 98 valence electrons. The van der Waals surface area contributed by atoms with Crippen LogP contribution in [-0.4, -0.2) is 24.4 Å². The largest absolute Gasteiger partial charge is 0.396 e. The zero-order chi connectivity index (χ0) is 12.8. The van der Waals surface area contributed by atoms with Crippen LogP contribution in [0.2, 0.25) is 0 Å². The van der Waals surface area contributed by atoms with Crippen molar-refractivity contribution in [1.29, 1.82) is 0 Å². The Morgan fingerprint density at radius 1 is 1.47 bits per heavy atom. The fourth-order valence-electron chi connectivity index (χ4n) is 3.94. The van der Waals surface area contributed by atoms with E-state index in [1.807, 2.05) is 0 Å². The quantitative estimate of drug-likeness (QED) is 0.750. The lowest BCUT2D eigenvalue weighted by atomic mass is 9.55. The van der Waals surface area contributed by atoms with Gasteiger partial charge in [0.2, 0.25) is 0 Å². The van der Waals surface area contributed by atoms with Crippen molar-refractivity contribution in [3.8, 4) is 0 Å². The highest BCUT2D eigenvalue weighted by Crippen LogP contribution is 2.53. The SMILES string of the molecule is CC1=CC(C)C2(CO)COC(C(C)C)C1[C@@H]2C. The molecule has 0 saturated carbocycles. The lowest BCUT2D eigenvalue weighted by molar-refractivity contribution is -0.174. The Bertz CT molecular complexity index is 321. The Hall–Kier alpha value is -0.340. The second-order valence-electron chi connectivity index (χ2n) is 6.42. The second kappa shape index (κ2) is 4.40. The molecule has 2 rings (SSSR count). The molecule has 0 amide bonds. The lowest BCUT2D eigenvalue weighted by Crippen LogP contribution is -2.57. The highest BCUT2D eigenvalue weighted by molar-refractivity contribution is 5.21. The number of rotatable bonds is 2. The van der Waals surface area contributed by atoms with Crippen molar-refractivity contribution >= 4 is 0 Å². The number of aliphatic hydroxyl groups is 1. The molecule has 2 nitrogen and oxygen atoms in total. The van der Waals surface area contributed by atoms with Crippen LogP contribution in [0.5, 0.6) is 0 Å². The van der Waals surface area contributed by atoms with Crippen LogP contribution in [0.25, 0.3) is 0 Å². The fraction of sp³-hybridized carbons (Fsp3) is 0.867. The molecular weight excluding hydrogens is 212 g/mol. The minimum atomic E-state index is -0.0600. The van der Waals surface area contributed by atoms with Crippen molar-refractivity contribution in [3.05, 3.63) is 11.6 Å². The molecule has 1 aliphatic heterocycles. The molecule has 1 heterocycles. The first kappa shape index (κ1) is 13.1. The number of ether oxygens (including phenoxy) is 1. The monoisotopic (exact) mass is 238 g/mol. The van der Waals surface area contributed by atoms with E-state index in [9.17, 15) is 5.11 Å². The number of allylic oxidation sites excluding steroid dienone is 1. The van der Waals surface area contributed by atoms with Crippen molar-refractivity contribution in [3.63, 3.8) is 0 Å². The molecule has 1 N–H and O–H groups in total. The first-order valence-corrected chi connectivity index (χ1v) is 6.85. The molecule has 2 heteroatoms. The number of hydrogen-bond donors (Lipinski definition) is 1. The van der Waals surface area contributed by atoms with E-state index in [1.54, 1.807) is 0 Å². The van der Waals surface area contributed by atoms with E-state index in [1.165, 1.54) is 5.57 Å². The third-order valence-corrected chi connectivity index (χ3v) is 5.24. The van der Waals surface area contributed by atoms with Crippen molar-refractivity contribution in [2.75, 3.05) is 13.2 Å². The summed E-state index contributed by atoms with van der Waals surface area (Å²) in [5.74, 6) is 1.93. The van der Waals surface area contributed by atoms with Gasteiger partial charge in [0.05, 0.1) is 19.3 Å². The first-order chi connectivity index (χ1) is 7.94. The number of hydrogen-bond acceptors (Lipinski definition) is 2. The van der Waals surface area contributed by atoms with Crippen LogP contribution in [0.3, 0.4) is 0 Å². The van der Waals surface area contributed by atoms with Gasteiger partial charge in [0.1, 0.15) is 0 Å². The van der Waals surface area contributed by atoms with E-state index in [-0.39, 0.29) is 12.0 Å². The Balaban J connectivity index is 2.41. The third-order valence-electron chi connectivity index (χ3n) is 5.24. The zero-order valence-corrected chi connectivity index (χ0v) is 11.7. The summed E-state index contributed by atoms with van der Waals surface area (Å²) >= 11 is 0. The second-order valence-corrected chi connectivity index (χ2v) is 6.42. The van der Waals surface area contributed by atoms with Crippen LogP contribution >= 0.6 is 0 Å². The summed E-state index contributed by atoms with van der Waals surface area (Å²) in [4.78, 5) is 0. The average molecular weight is 238 g/mol. The third kappa shape index (κ3) is 1.77. The minimum Gasteiger partial charge on any atom is -0.396 e. The predicted molar refractivity (Wildman–Crippen MR) is 69.7 cm³/mol. The van der Waals surface area contributed by atoms with Gasteiger partial charge in [-0.1, -0.05) is 39.3 Å². The van der Waals surface area contributed by atoms with E-state index < -0.39 is 0 Å². The van der Waals surface area contributed by atoms with E-state index >= 15 is 0 Å². The van der Waals surface area contributed by atoms with Crippen LogP contribution in [0.15, 0.2) is 11.6 Å². The standard InChI is InChI=1S/C15H26O2/c1-9(2)14-13-10(3)6-11(4)15(7-16,8-17-14)12(13)5/h6,9,11-14,16H,7-8H2,1-5H3/t11?,12-,13?,14?,15?/m0/s1. The molecule has 1 saturated heterocycles. The van der Waals surface area contributed by atoms with Crippen LogP contribution in [-0.2, 0) is 4.74 Å². The van der Waals surface area contributed by atoms with Gasteiger partial charge in [-0.2, -0.15) is 0 Å². The van der Waals surface area contributed by atoms with Gasteiger partial charge in [-0.05, 0) is 24.7 Å². The molecule has 0 aromatic heterocycles. The van der Waals surface area contributed by atoms with Gasteiger partial charge in [-0.15, -0.1) is 0 Å². The lowest BCUT2D eigenvalue weighted by Gasteiger charge is -2.55. The molecule has 17 heavy (non-hydrogen) atoms. The summed E-state index contributed by atoms with van der Waals surface area (Å²) < 4.78 is 6.11. The van der Waals surface area contributed by atoms with E-state index in [4.69, 9.17) is 4.74 Å². The maximum Gasteiger partial charge on any atom is 0.0666 e. The molecule has 2 aliphatic rings. The maximum atomic E-state index is 9.84. The molecule has 0 aromatic rings. The van der Waals surface area contributed by atoms with Crippen LogP contribution in [0.4, 0.5) is 0 Å². The highest BCUT2D eigenvalue weighted by Gasteiger charge is 2.53. The Morgan fingerprint density at radius 3 is 2.65 bits per heavy atom.